The standard InChI is InChI=1S/C50H84O19/c1-22-31(55)33(57)35(59)41(63-22)68-38-37(64-23(2)52)25(54)21-62-43(38)67-29-12-14-47(8)40(44(29,3)4)26(65-42-36(60)34(58)32(56)27(20-51)66-42)18-28-46(47,7)16-17-48(9)39(24(53)19-49(28,48)10)50(11)15-13-30(69-50)45(5,6)61/h22,24-43,51,53-61H,12-21H2,1-11H3. The summed E-state index contributed by atoms with van der Waals surface area (Å²) < 4.78 is 50.7. The Labute approximate surface area is 406 Å². The monoisotopic (exact) mass is 989 g/mol. The molecule has 4 aliphatic heterocycles. The van der Waals surface area contributed by atoms with E-state index in [9.17, 15) is 55.9 Å². The van der Waals surface area contributed by atoms with Crippen molar-refractivity contribution in [2.45, 2.75) is 249 Å². The lowest BCUT2D eigenvalue weighted by Crippen LogP contribution is -2.71. The average molecular weight is 989 g/mol. The normalized spacial score (nSPS) is 55.4. The summed E-state index contributed by atoms with van der Waals surface area (Å²) in [6.07, 6.45) is -17.9. The molecule has 8 fully saturated rings. The van der Waals surface area contributed by atoms with Gasteiger partial charge in [0.15, 0.2) is 31.1 Å². The van der Waals surface area contributed by atoms with Gasteiger partial charge >= 0.3 is 5.97 Å². The second-order valence-corrected chi connectivity index (χ2v) is 24.8. The summed E-state index contributed by atoms with van der Waals surface area (Å²) in [5.74, 6) is -1.43. The number of aliphatic hydroxyl groups is 10. The Morgan fingerprint density at radius 2 is 1.28 bits per heavy atom. The van der Waals surface area contributed by atoms with Crippen LogP contribution < -0.4 is 0 Å². The van der Waals surface area contributed by atoms with Crippen molar-refractivity contribution >= 4 is 5.97 Å². The van der Waals surface area contributed by atoms with E-state index in [4.69, 9.17) is 37.9 Å². The number of rotatable bonds is 10. The molecule has 26 atom stereocenters. The lowest BCUT2D eigenvalue weighted by Gasteiger charge is -2.73. The molecule has 0 aromatic rings. The fourth-order valence-electron chi connectivity index (χ4n) is 16.2. The molecule has 4 saturated carbocycles. The summed E-state index contributed by atoms with van der Waals surface area (Å²) in [4.78, 5) is 12.5. The van der Waals surface area contributed by atoms with Crippen LogP contribution in [0.4, 0.5) is 0 Å². The van der Waals surface area contributed by atoms with Gasteiger partial charge in [-0.3, -0.25) is 4.79 Å². The highest BCUT2D eigenvalue weighted by atomic mass is 16.8. The average Bonchev–Trinajstić information content (AvgIpc) is 3.77. The smallest absolute Gasteiger partial charge is 0.303 e. The zero-order valence-corrected chi connectivity index (χ0v) is 42.3. The Balaban J connectivity index is 1.16. The van der Waals surface area contributed by atoms with Crippen molar-refractivity contribution < 1.29 is 93.8 Å². The topological polar surface area (TPSA) is 293 Å². The number of hydrogen-bond donors (Lipinski definition) is 10. The van der Waals surface area contributed by atoms with Crippen LogP contribution in [0.1, 0.15) is 128 Å². The van der Waals surface area contributed by atoms with Crippen LogP contribution in [0.3, 0.4) is 0 Å². The minimum absolute atomic E-state index is 0.0773. The Morgan fingerprint density at radius 3 is 1.88 bits per heavy atom. The second kappa shape index (κ2) is 18.6. The van der Waals surface area contributed by atoms with E-state index in [-0.39, 0.29) is 35.9 Å². The number of carbonyl (C=O) groups excluding carboxylic acids is 1. The minimum Gasteiger partial charge on any atom is -0.457 e. The predicted molar refractivity (Wildman–Crippen MR) is 241 cm³/mol. The summed E-state index contributed by atoms with van der Waals surface area (Å²) in [5, 5.41) is 110. The highest BCUT2D eigenvalue weighted by Crippen LogP contribution is 2.79. The van der Waals surface area contributed by atoms with E-state index in [0.29, 0.717) is 38.5 Å². The maximum absolute atomic E-state index is 12.5. The minimum atomic E-state index is -1.73. The van der Waals surface area contributed by atoms with Crippen molar-refractivity contribution in [2.24, 2.45) is 44.8 Å². The van der Waals surface area contributed by atoms with E-state index in [0.717, 1.165) is 12.8 Å². The van der Waals surface area contributed by atoms with E-state index in [1.165, 1.54) is 13.8 Å². The van der Waals surface area contributed by atoms with Gasteiger partial charge in [0.25, 0.3) is 0 Å². The van der Waals surface area contributed by atoms with Crippen molar-refractivity contribution in [2.75, 3.05) is 13.2 Å². The van der Waals surface area contributed by atoms with Crippen LogP contribution in [0.15, 0.2) is 0 Å². The third-order valence-electron chi connectivity index (χ3n) is 20.1. The molecule has 0 spiro atoms. The van der Waals surface area contributed by atoms with Crippen LogP contribution in [-0.4, -0.2) is 192 Å². The molecule has 19 nitrogen and oxygen atoms in total. The maximum atomic E-state index is 12.5. The number of hydrogen-bond acceptors (Lipinski definition) is 19. The SMILES string of the molecule is CC(=O)OC1C(O)COC(OC2CCC3(C)C(C(OC4OC(CO)C(O)C(O)C4O)CC4C5(C)CC(O)C(C6(C)CCC(C(C)(C)O)O6)C5(C)CCC43C)C2(C)C)C1OC1OC(C)C(O)C(O)C1O. The molecule has 8 rings (SSSR count). The van der Waals surface area contributed by atoms with Crippen LogP contribution in [0.2, 0.25) is 0 Å². The fourth-order valence-corrected chi connectivity index (χ4v) is 16.2. The predicted octanol–water partition coefficient (Wildman–Crippen LogP) is 0.783. The molecule has 0 aromatic heterocycles. The first kappa shape index (κ1) is 54.1. The molecular formula is C50H84O19. The fraction of sp³-hybridized carbons (Fsp3) is 0.980. The second-order valence-electron chi connectivity index (χ2n) is 24.8. The zero-order chi connectivity index (χ0) is 50.9. The summed E-state index contributed by atoms with van der Waals surface area (Å²) in [6, 6.07) is 0. The van der Waals surface area contributed by atoms with Crippen LogP contribution in [0.5, 0.6) is 0 Å². The number of fused-ring (bicyclic) bond motifs is 5. The summed E-state index contributed by atoms with van der Waals surface area (Å²) in [7, 11) is 0. The van der Waals surface area contributed by atoms with Gasteiger partial charge in [-0.25, -0.2) is 0 Å². The Hall–Kier alpha value is -1.21. The molecule has 398 valence electrons. The quantitative estimate of drug-likeness (QED) is 0.107. The van der Waals surface area contributed by atoms with Crippen molar-refractivity contribution in [3.63, 3.8) is 0 Å². The third kappa shape index (κ3) is 8.58. The molecule has 26 unspecified atom stereocenters. The van der Waals surface area contributed by atoms with Crippen LogP contribution in [-0.2, 0) is 42.7 Å². The summed E-state index contributed by atoms with van der Waals surface area (Å²) >= 11 is 0. The first-order chi connectivity index (χ1) is 31.9. The molecule has 0 bridgehead atoms. The largest absolute Gasteiger partial charge is 0.457 e. The van der Waals surface area contributed by atoms with Gasteiger partial charge in [0.2, 0.25) is 0 Å². The molecule has 0 aromatic carbocycles. The van der Waals surface area contributed by atoms with E-state index in [1.807, 2.05) is 0 Å². The Morgan fingerprint density at radius 1 is 0.667 bits per heavy atom. The van der Waals surface area contributed by atoms with Crippen molar-refractivity contribution in [3.05, 3.63) is 0 Å². The molecule has 0 radical (unpaired) electrons. The highest BCUT2D eigenvalue weighted by molar-refractivity contribution is 5.66. The van der Waals surface area contributed by atoms with Gasteiger partial charge < -0.3 is 89.0 Å². The molecule has 10 N–H and O–H groups in total. The molecule has 4 heterocycles. The lowest BCUT2D eigenvalue weighted by molar-refractivity contribution is -0.373. The molecule has 19 heteroatoms. The van der Waals surface area contributed by atoms with Crippen molar-refractivity contribution in [1.82, 2.24) is 0 Å². The Bertz CT molecular complexity index is 1850. The number of ether oxygens (including phenoxy) is 8. The van der Waals surface area contributed by atoms with Gasteiger partial charge in [0.05, 0.1) is 54.9 Å². The number of aliphatic hydroxyl groups excluding tert-OH is 9. The maximum Gasteiger partial charge on any atom is 0.303 e. The number of esters is 1. The van der Waals surface area contributed by atoms with E-state index >= 15 is 0 Å². The van der Waals surface area contributed by atoms with Gasteiger partial charge in [-0.05, 0) is 118 Å². The van der Waals surface area contributed by atoms with Gasteiger partial charge in [-0.15, -0.1) is 0 Å². The molecule has 4 aliphatic carbocycles. The molecular weight excluding hydrogens is 905 g/mol. The van der Waals surface area contributed by atoms with E-state index < -0.39 is 150 Å². The molecule has 8 aliphatic rings. The molecule has 4 saturated heterocycles. The third-order valence-corrected chi connectivity index (χ3v) is 20.1. The van der Waals surface area contributed by atoms with Gasteiger partial charge in [-0.2, -0.15) is 0 Å². The van der Waals surface area contributed by atoms with Crippen LogP contribution >= 0.6 is 0 Å². The van der Waals surface area contributed by atoms with E-state index in [1.54, 1.807) is 13.8 Å². The zero-order valence-electron chi connectivity index (χ0n) is 42.3. The first-order valence-electron chi connectivity index (χ1n) is 25.4. The highest BCUT2D eigenvalue weighted by Gasteiger charge is 2.77. The van der Waals surface area contributed by atoms with Crippen LogP contribution in [0, 0.1) is 44.8 Å². The molecule has 69 heavy (non-hydrogen) atoms. The van der Waals surface area contributed by atoms with Gasteiger partial charge in [0, 0.05) is 12.8 Å². The van der Waals surface area contributed by atoms with Crippen molar-refractivity contribution in [3.8, 4) is 0 Å². The summed E-state index contributed by atoms with van der Waals surface area (Å²) in [6.45, 7) is 20.7. The van der Waals surface area contributed by atoms with E-state index in [2.05, 4.69) is 48.5 Å². The van der Waals surface area contributed by atoms with Crippen molar-refractivity contribution in [1.29, 1.82) is 0 Å². The number of carbonyl (C=O) groups is 1. The lowest BCUT2D eigenvalue weighted by atomic mass is 9.32. The Kier molecular flexibility index (Phi) is 14.5. The van der Waals surface area contributed by atoms with Crippen LogP contribution in [0.25, 0.3) is 0 Å². The summed E-state index contributed by atoms with van der Waals surface area (Å²) in [5.41, 5.74) is -4.40. The first-order valence-corrected chi connectivity index (χ1v) is 25.4. The van der Waals surface area contributed by atoms with Gasteiger partial charge in [0.1, 0.15) is 48.8 Å². The van der Waals surface area contributed by atoms with Gasteiger partial charge in [-0.1, -0.05) is 41.5 Å². The molecule has 0 amide bonds.